The number of esters is 1. The number of methoxy groups -OCH3 is 1. The maximum absolute atomic E-state index is 11.3. The van der Waals surface area contributed by atoms with Gasteiger partial charge in [0.05, 0.1) is 13.2 Å². The third kappa shape index (κ3) is 3.52. The molecule has 0 aliphatic rings. The average molecular weight is 287 g/mol. The first-order valence-electron chi connectivity index (χ1n) is 5.03. The van der Waals surface area contributed by atoms with E-state index in [0.29, 0.717) is 0 Å². The Morgan fingerprint density at radius 3 is 2.25 bits per heavy atom. The molecule has 1 aromatic carbocycles. The maximum Gasteiger partial charge on any atom is 0.323 e. The van der Waals surface area contributed by atoms with Gasteiger partial charge < -0.3 is 9.47 Å². The summed E-state index contributed by atoms with van der Waals surface area (Å²) in [4.78, 5) is 10.8. The van der Waals surface area contributed by atoms with E-state index in [2.05, 4.69) is 20.7 Å². The second-order valence-corrected chi connectivity index (χ2v) is 4.54. The molecule has 16 heavy (non-hydrogen) atoms. The maximum atomic E-state index is 11.3. The van der Waals surface area contributed by atoms with E-state index >= 15 is 0 Å². The van der Waals surface area contributed by atoms with Gasteiger partial charge in [0.15, 0.2) is 0 Å². The lowest BCUT2D eigenvalue weighted by molar-refractivity contribution is -0.139. The SMILES string of the molecule is COC(=O)C(Br)c1ccc(OC(C)C)cc1. The number of hydrogen-bond donors (Lipinski definition) is 0. The number of rotatable bonds is 4. The number of carbonyl (C=O) groups is 1. The fourth-order valence-electron chi connectivity index (χ4n) is 1.23. The predicted molar refractivity (Wildman–Crippen MR) is 65.9 cm³/mol. The molecule has 0 amide bonds. The number of alkyl halides is 1. The third-order valence-electron chi connectivity index (χ3n) is 1.95. The molecule has 1 atom stereocenters. The Balaban J connectivity index is 2.74. The molecule has 0 aromatic heterocycles. The molecule has 0 aliphatic heterocycles. The van der Waals surface area contributed by atoms with Crippen molar-refractivity contribution in [3.05, 3.63) is 29.8 Å². The van der Waals surface area contributed by atoms with Gasteiger partial charge in [0.25, 0.3) is 0 Å². The van der Waals surface area contributed by atoms with Crippen molar-refractivity contribution in [2.75, 3.05) is 7.11 Å². The molecule has 0 radical (unpaired) electrons. The van der Waals surface area contributed by atoms with E-state index in [-0.39, 0.29) is 12.1 Å². The minimum Gasteiger partial charge on any atom is -0.491 e. The molecular weight excluding hydrogens is 272 g/mol. The Morgan fingerprint density at radius 1 is 1.25 bits per heavy atom. The summed E-state index contributed by atoms with van der Waals surface area (Å²) in [5.74, 6) is 0.487. The van der Waals surface area contributed by atoms with E-state index in [1.165, 1.54) is 7.11 Å². The first-order valence-corrected chi connectivity index (χ1v) is 5.94. The number of halogens is 1. The molecule has 0 spiro atoms. The zero-order valence-corrected chi connectivity index (χ0v) is 11.2. The van der Waals surface area contributed by atoms with Crippen molar-refractivity contribution in [1.29, 1.82) is 0 Å². The van der Waals surface area contributed by atoms with Crippen molar-refractivity contribution < 1.29 is 14.3 Å². The highest BCUT2D eigenvalue weighted by molar-refractivity contribution is 9.09. The van der Waals surface area contributed by atoms with Crippen molar-refractivity contribution in [3.63, 3.8) is 0 Å². The fourth-order valence-corrected chi connectivity index (χ4v) is 1.72. The molecule has 1 rings (SSSR count). The summed E-state index contributed by atoms with van der Waals surface area (Å²) < 4.78 is 10.1. The number of benzene rings is 1. The summed E-state index contributed by atoms with van der Waals surface area (Å²) in [5, 5.41) is 0. The van der Waals surface area contributed by atoms with Crippen molar-refractivity contribution in [2.45, 2.75) is 24.8 Å². The number of ether oxygens (including phenoxy) is 2. The van der Waals surface area contributed by atoms with Gasteiger partial charge >= 0.3 is 5.97 Å². The van der Waals surface area contributed by atoms with E-state index < -0.39 is 4.83 Å². The first-order chi connectivity index (χ1) is 7.54. The molecular formula is C12H15BrO3. The minimum absolute atomic E-state index is 0.145. The lowest BCUT2D eigenvalue weighted by Crippen LogP contribution is -2.08. The summed E-state index contributed by atoms with van der Waals surface area (Å²) in [6, 6.07) is 7.36. The van der Waals surface area contributed by atoms with Gasteiger partial charge in [-0.25, -0.2) is 0 Å². The standard InChI is InChI=1S/C12H15BrO3/c1-8(2)16-10-6-4-9(5-7-10)11(13)12(14)15-3/h4-8,11H,1-3H3. The van der Waals surface area contributed by atoms with E-state index in [4.69, 9.17) is 4.74 Å². The smallest absolute Gasteiger partial charge is 0.323 e. The molecule has 0 N–H and O–H groups in total. The first kappa shape index (κ1) is 13.0. The third-order valence-corrected chi connectivity index (χ3v) is 2.86. The van der Waals surface area contributed by atoms with Gasteiger partial charge in [0.1, 0.15) is 10.6 Å². The lowest BCUT2D eigenvalue weighted by Gasteiger charge is -2.11. The van der Waals surface area contributed by atoms with Crippen molar-refractivity contribution >= 4 is 21.9 Å². The number of carbonyl (C=O) groups excluding carboxylic acids is 1. The van der Waals surface area contributed by atoms with Crippen LogP contribution in [0.25, 0.3) is 0 Å². The van der Waals surface area contributed by atoms with E-state index in [9.17, 15) is 4.79 Å². The van der Waals surface area contributed by atoms with Crippen molar-refractivity contribution in [2.24, 2.45) is 0 Å². The van der Waals surface area contributed by atoms with Crippen LogP contribution >= 0.6 is 15.9 Å². The molecule has 1 aromatic rings. The van der Waals surface area contributed by atoms with Gasteiger partial charge in [0.2, 0.25) is 0 Å². The van der Waals surface area contributed by atoms with Crippen LogP contribution in [0.3, 0.4) is 0 Å². The van der Waals surface area contributed by atoms with E-state index in [1.54, 1.807) is 0 Å². The number of hydrogen-bond acceptors (Lipinski definition) is 3. The van der Waals surface area contributed by atoms with Gasteiger partial charge in [-0.1, -0.05) is 28.1 Å². The van der Waals surface area contributed by atoms with Crippen LogP contribution in [0.5, 0.6) is 5.75 Å². The van der Waals surface area contributed by atoms with Gasteiger partial charge in [-0.2, -0.15) is 0 Å². The molecule has 1 unspecified atom stereocenters. The van der Waals surface area contributed by atoms with Crippen LogP contribution in [-0.4, -0.2) is 19.2 Å². The quantitative estimate of drug-likeness (QED) is 0.630. The normalized spacial score (nSPS) is 12.3. The fraction of sp³-hybridized carbons (Fsp3) is 0.417. The summed E-state index contributed by atoms with van der Waals surface area (Å²) in [6.45, 7) is 3.94. The van der Waals surface area contributed by atoms with Crippen LogP contribution in [0.15, 0.2) is 24.3 Å². The monoisotopic (exact) mass is 286 g/mol. The van der Waals surface area contributed by atoms with E-state index in [1.807, 2.05) is 38.1 Å². The minimum atomic E-state index is -0.425. The molecule has 0 saturated carbocycles. The second kappa shape index (κ2) is 5.89. The van der Waals surface area contributed by atoms with Crippen LogP contribution in [-0.2, 0) is 9.53 Å². The van der Waals surface area contributed by atoms with Gasteiger partial charge in [0, 0.05) is 0 Å². The van der Waals surface area contributed by atoms with Gasteiger partial charge in [-0.3, -0.25) is 4.79 Å². The predicted octanol–water partition coefficient (Wildman–Crippen LogP) is 3.08. The van der Waals surface area contributed by atoms with Crippen LogP contribution in [0.2, 0.25) is 0 Å². The van der Waals surface area contributed by atoms with Gasteiger partial charge in [-0.05, 0) is 31.5 Å². The topological polar surface area (TPSA) is 35.5 Å². The summed E-state index contributed by atoms with van der Waals surface area (Å²) >= 11 is 3.27. The summed E-state index contributed by atoms with van der Waals surface area (Å²) in [6.07, 6.45) is 0.145. The largest absolute Gasteiger partial charge is 0.491 e. The van der Waals surface area contributed by atoms with Crippen LogP contribution < -0.4 is 4.74 Å². The van der Waals surface area contributed by atoms with Gasteiger partial charge in [-0.15, -0.1) is 0 Å². The Kier molecular flexibility index (Phi) is 4.80. The lowest BCUT2D eigenvalue weighted by atomic mass is 10.1. The van der Waals surface area contributed by atoms with Crippen LogP contribution in [0.1, 0.15) is 24.2 Å². The molecule has 0 bridgehead atoms. The van der Waals surface area contributed by atoms with Crippen LogP contribution in [0, 0.1) is 0 Å². The molecule has 4 heteroatoms. The van der Waals surface area contributed by atoms with Crippen molar-refractivity contribution in [1.82, 2.24) is 0 Å². The Morgan fingerprint density at radius 2 is 1.81 bits per heavy atom. The molecule has 0 heterocycles. The Labute approximate surface area is 104 Å². The molecule has 3 nitrogen and oxygen atoms in total. The summed E-state index contributed by atoms with van der Waals surface area (Å²) in [7, 11) is 1.37. The molecule has 88 valence electrons. The molecule has 0 fully saturated rings. The average Bonchev–Trinajstić information content (AvgIpc) is 2.27. The van der Waals surface area contributed by atoms with Crippen LogP contribution in [0.4, 0.5) is 0 Å². The highest BCUT2D eigenvalue weighted by Gasteiger charge is 2.17. The highest BCUT2D eigenvalue weighted by Crippen LogP contribution is 2.26. The second-order valence-electron chi connectivity index (χ2n) is 3.62. The Hall–Kier alpha value is -1.03. The highest BCUT2D eigenvalue weighted by atomic mass is 79.9. The zero-order valence-electron chi connectivity index (χ0n) is 9.57. The summed E-state index contributed by atoms with van der Waals surface area (Å²) in [5.41, 5.74) is 0.850. The molecule has 0 saturated heterocycles. The van der Waals surface area contributed by atoms with E-state index in [0.717, 1.165) is 11.3 Å². The Bertz CT molecular complexity index is 346. The zero-order chi connectivity index (χ0) is 12.1. The van der Waals surface area contributed by atoms with Crippen molar-refractivity contribution in [3.8, 4) is 5.75 Å². The molecule has 0 aliphatic carbocycles.